The molecule has 0 amide bonds. The SMILES string of the molecule is Cc1nn(Cc2ccccc2Cl)c(C)c1C(=O)ONC(N)=NCc1ccccc1. The highest BCUT2D eigenvalue weighted by molar-refractivity contribution is 6.31. The lowest BCUT2D eigenvalue weighted by Gasteiger charge is -2.08. The van der Waals surface area contributed by atoms with Gasteiger partial charge in [0.05, 0.1) is 24.5 Å². The number of carbonyl (C=O) groups excluding carboxylic acids is 1. The second-order valence-electron chi connectivity index (χ2n) is 6.47. The van der Waals surface area contributed by atoms with Crippen LogP contribution in [0.15, 0.2) is 59.6 Å². The summed E-state index contributed by atoms with van der Waals surface area (Å²) in [6.45, 7) is 4.39. The molecular weight excluding hydrogens is 390 g/mol. The van der Waals surface area contributed by atoms with E-state index < -0.39 is 5.97 Å². The van der Waals surface area contributed by atoms with Crippen LogP contribution in [0, 0.1) is 13.8 Å². The van der Waals surface area contributed by atoms with Crippen LogP contribution in [-0.4, -0.2) is 21.7 Å². The molecular formula is C21H22ClN5O2. The molecule has 0 aliphatic carbocycles. The highest BCUT2D eigenvalue weighted by Gasteiger charge is 2.21. The Bertz CT molecular complexity index is 1030. The van der Waals surface area contributed by atoms with E-state index in [2.05, 4.69) is 15.6 Å². The molecule has 0 fully saturated rings. The zero-order valence-electron chi connectivity index (χ0n) is 16.2. The first-order valence-corrected chi connectivity index (χ1v) is 9.42. The van der Waals surface area contributed by atoms with Crippen LogP contribution in [0.4, 0.5) is 0 Å². The molecule has 3 rings (SSSR count). The minimum Gasteiger partial charge on any atom is -0.368 e. The summed E-state index contributed by atoms with van der Waals surface area (Å²) in [6, 6.07) is 17.1. The second-order valence-corrected chi connectivity index (χ2v) is 6.88. The van der Waals surface area contributed by atoms with Crippen molar-refractivity contribution in [2.24, 2.45) is 10.7 Å². The van der Waals surface area contributed by atoms with E-state index in [1.807, 2.05) is 54.6 Å². The molecule has 0 aliphatic heterocycles. The van der Waals surface area contributed by atoms with Gasteiger partial charge >= 0.3 is 5.97 Å². The Labute approximate surface area is 174 Å². The maximum absolute atomic E-state index is 12.5. The molecule has 0 atom stereocenters. The molecule has 0 spiro atoms. The predicted molar refractivity (Wildman–Crippen MR) is 113 cm³/mol. The first-order chi connectivity index (χ1) is 14.0. The van der Waals surface area contributed by atoms with Crippen molar-refractivity contribution in [3.63, 3.8) is 0 Å². The fourth-order valence-electron chi connectivity index (χ4n) is 2.88. The normalized spacial score (nSPS) is 11.3. The lowest BCUT2D eigenvalue weighted by Crippen LogP contribution is -2.34. The molecule has 150 valence electrons. The number of rotatable bonds is 5. The van der Waals surface area contributed by atoms with Gasteiger partial charge in [0, 0.05) is 5.02 Å². The third-order valence-electron chi connectivity index (χ3n) is 4.39. The minimum absolute atomic E-state index is 0.0148. The molecule has 0 saturated heterocycles. The molecule has 3 N–H and O–H groups in total. The summed E-state index contributed by atoms with van der Waals surface area (Å²) in [5, 5.41) is 5.09. The molecule has 0 unspecified atom stereocenters. The van der Waals surface area contributed by atoms with Crippen LogP contribution in [-0.2, 0) is 17.9 Å². The number of aliphatic imine (C=N–C) groups is 1. The smallest absolute Gasteiger partial charge is 0.366 e. The van der Waals surface area contributed by atoms with Crippen molar-refractivity contribution >= 4 is 23.5 Å². The van der Waals surface area contributed by atoms with Crippen molar-refractivity contribution < 1.29 is 9.63 Å². The van der Waals surface area contributed by atoms with Gasteiger partial charge in [-0.15, -0.1) is 0 Å². The zero-order valence-corrected chi connectivity index (χ0v) is 17.0. The van der Waals surface area contributed by atoms with Crippen LogP contribution in [0.5, 0.6) is 0 Å². The van der Waals surface area contributed by atoms with Crippen molar-refractivity contribution in [2.75, 3.05) is 0 Å². The third kappa shape index (κ3) is 5.14. The van der Waals surface area contributed by atoms with Gasteiger partial charge in [0.25, 0.3) is 0 Å². The van der Waals surface area contributed by atoms with Gasteiger partial charge < -0.3 is 10.6 Å². The lowest BCUT2D eigenvalue weighted by atomic mass is 10.2. The number of aromatic nitrogens is 2. The van der Waals surface area contributed by atoms with Gasteiger partial charge in [0.15, 0.2) is 0 Å². The van der Waals surface area contributed by atoms with Gasteiger partial charge in [0.1, 0.15) is 5.56 Å². The van der Waals surface area contributed by atoms with Gasteiger partial charge in [-0.05, 0) is 31.0 Å². The Morgan fingerprint density at radius 2 is 1.86 bits per heavy atom. The van der Waals surface area contributed by atoms with Gasteiger partial charge in [-0.1, -0.05) is 60.1 Å². The Kier molecular flexibility index (Phi) is 6.51. The number of hydrogen-bond acceptors (Lipinski definition) is 4. The Hall–Kier alpha value is -3.32. The fraction of sp³-hybridized carbons (Fsp3) is 0.190. The Balaban J connectivity index is 1.65. The van der Waals surface area contributed by atoms with E-state index in [0.717, 1.165) is 11.1 Å². The van der Waals surface area contributed by atoms with Crippen molar-refractivity contribution in [3.8, 4) is 0 Å². The number of hydroxylamine groups is 1. The van der Waals surface area contributed by atoms with Crippen LogP contribution in [0.1, 0.15) is 32.9 Å². The van der Waals surface area contributed by atoms with E-state index in [-0.39, 0.29) is 5.96 Å². The number of carbonyl (C=O) groups is 1. The number of nitrogens with zero attached hydrogens (tertiary/aromatic N) is 3. The van der Waals surface area contributed by atoms with Crippen LogP contribution in [0.2, 0.25) is 5.02 Å². The first-order valence-electron chi connectivity index (χ1n) is 9.04. The molecule has 29 heavy (non-hydrogen) atoms. The number of benzene rings is 2. The van der Waals surface area contributed by atoms with Crippen molar-refractivity contribution in [1.82, 2.24) is 15.3 Å². The topological polar surface area (TPSA) is 94.5 Å². The molecule has 0 saturated carbocycles. The van der Waals surface area contributed by atoms with Crippen LogP contribution in [0.3, 0.4) is 0 Å². The largest absolute Gasteiger partial charge is 0.368 e. The molecule has 0 radical (unpaired) electrons. The second kappa shape index (κ2) is 9.25. The van der Waals surface area contributed by atoms with Gasteiger partial charge in [-0.25, -0.2) is 9.79 Å². The summed E-state index contributed by atoms with van der Waals surface area (Å²) < 4.78 is 1.72. The molecule has 0 bridgehead atoms. The van der Waals surface area contributed by atoms with E-state index in [9.17, 15) is 4.79 Å². The number of guanidine groups is 1. The summed E-state index contributed by atoms with van der Waals surface area (Å²) in [5.74, 6) is -0.566. The van der Waals surface area contributed by atoms with E-state index >= 15 is 0 Å². The van der Waals surface area contributed by atoms with Gasteiger partial charge in [0.2, 0.25) is 5.96 Å². The lowest BCUT2D eigenvalue weighted by molar-refractivity contribution is 0.0381. The maximum atomic E-state index is 12.5. The highest BCUT2D eigenvalue weighted by Crippen LogP contribution is 2.19. The summed E-state index contributed by atoms with van der Waals surface area (Å²) >= 11 is 6.22. The first kappa shape index (κ1) is 20.4. The van der Waals surface area contributed by atoms with Crippen molar-refractivity contribution in [1.29, 1.82) is 0 Å². The molecule has 7 nitrogen and oxygen atoms in total. The van der Waals surface area contributed by atoms with Crippen LogP contribution < -0.4 is 11.2 Å². The molecule has 1 aromatic heterocycles. The van der Waals surface area contributed by atoms with E-state index in [1.54, 1.807) is 18.5 Å². The number of nitrogens with one attached hydrogen (secondary N) is 1. The quantitative estimate of drug-likeness (QED) is 0.381. The molecule has 8 heteroatoms. The molecule has 1 heterocycles. The zero-order chi connectivity index (χ0) is 20.8. The minimum atomic E-state index is -0.580. The van der Waals surface area contributed by atoms with Crippen LogP contribution >= 0.6 is 11.6 Å². The number of halogens is 1. The average Bonchev–Trinajstić information content (AvgIpc) is 3.00. The summed E-state index contributed by atoms with van der Waals surface area (Å²) in [7, 11) is 0. The summed E-state index contributed by atoms with van der Waals surface area (Å²) in [4.78, 5) is 21.8. The van der Waals surface area contributed by atoms with Crippen LogP contribution in [0.25, 0.3) is 0 Å². The van der Waals surface area contributed by atoms with Gasteiger partial charge in [-0.2, -0.15) is 10.6 Å². The van der Waals surface area contributed by atoms with Crippen molar-refractivity contribution in [3.05, 3.63) is 87.7 Å². The Morgan fingerprint density at radius 1 is 1.17 bits per heavy atom. The summed E-state index contributed by atoms with van der Waals surface area (Å²) in [5.41, 5.74) is 11.7. The third-order valence-corrected chi connectivity index (χ3v) is 4.76. The average molecular weight is 412 g/mol. The van der Waals surface area contributed by atoms with E-state index in [1.165, 1.54) is 0 Å². The molecule has 3 aromatic rings. The monoisotopic (exact) mass is 411 g/mol. The van der Waals surface area contributed by atoms with Crippen molar-refractivity contribution in [2.45, 2.75) is 26.9 Å². The fourth-order valence-corrected chi connectivity index (χ4v) is 3.07. The number of nitrogens with two attached hydrogens (primary N) is 1. The Morgan fingerprint density at radius 3 is 2.59 bits per heavy atom. The van der Waals surface area contributed by atoms with E-state index in [4.69, 9.17) is 22.2 Å². The standard InChI is InChI=1S/C21H22ClN5O2/c1-14-19(15(2)27(25-14)13-17-10-6-7-11-18(17)22)20(28)29-26-21(23)24-12-16-8-4-3-5-9-16/h3-11H,12-13H2,1-2H3,(H3,23,24,26). The van der Waals surface area contributed by atoms with E-state index in [0.29, 0.717) is 35.1 Å². The number of aryl methyl sites for hydroxylation is 1. The predicted octanol–water partition coefficient (Wildman–Crippen LogP) is 3.38. The number of hydrogen-bond donors (Lipinski definition) is 2. The highest BCUT2D eigenvalue weighted by atomic mass is 35.5. The van der Waals surface area contributed by atoms with Gasteiger partial charge in [-0.3, -0.25) is 4.68 Å². The molecule has 2 aromatic carbocycles. The maximum Gasteiger partial charge on any atom is 0.366 e. The molecule has 0 aliphatic rings. The summed E-state index contributed by atoms with van der Waals surface area (Å²) in [6.07, 6.45) is 0.